The summed E-state index contributed by atoms with van der Waals surface area (Å²) < 4.78 is 0. The molecule has 0 spiro atoms. The second-order valence-corrected chi connectivity index (χ2v) is 13.5. The van der Waals surface area contributed by atoms with Crippen molar-refractivity contribution in [2.75, 3.05) is 29.9 Å². The Balaban J connectivity index is 1.62. The first kappa shape index (κ1) is 19.7. The lowest BCUT2D eigenvalue weighted by Gasteiger charge is -2.40. The van der Waals surface area contributed by atoms with Gasteiger partial charge in [0, 0.05) is 37.6 Å². The fourth-order valence-corrected chi connectivity index (χ4v) is 4.72. The molecule has 7 heteroatoms. The summed E-state index contributed by atoms with van der Waals surface area (Å²) in [5.74, 6) is 0.785. The number of aromatic nitrogens is 1. The monoisotopic (exact) mass is 402 g/mol. The molecular formula is C20H27ClN4OSi. The molecule has 1 aliphatic rings. The molecule has 1 aromatic carbocycles. The van der Waals surface area contributed by atoms with Gasteiger partial charge in [-0.15, -0.1) is 0 Å². The van der Waals surface area contributed by atoms with Crippen molar-refractivity contribution in [3.05, 3.63) is 47.6 Å². The molecule has 2 aromatic rings. The van der Waals surface area contributed by atoms with Gasteiger partial charge in [0.1, 0.15) is 5.82 Å². The number of hydrogen-bond acceptors (Lipinski definition) is 3. The van der Waals surface area contributed by atoms with Gasteiger partial charge in [-0.25, -0.2) is 9.78 Å². The number of urea groups is 1. The summed E-state index contributed by atoms with van der Waals surface area (Å²) >= 11 is 6.26. The van der Waals surface area contributed by atoms with Crippen LogP contribution in [0, 0.1) is 0 Å². The Kier molecular flexibility index (Phi) is 5.77. The number of carbonyl (C=O) groups excluding carboxylic acids is 1. The van der Waals surface area contributed by atoms with Gasteiger partial charge in [-0.05, 0) is 31.2 Å². The third-order valence-corrected chi connectivity index (χ3v) is 7.29. The number of amides is 2. The fraction of sp³-hybridized carbons (Fsp3) is 0.400. The van der Waals surface area contributed by atoms with Crippen LogP contribution in [0.4, 0.5) is 16.3 Å². The molecule has 144 valence electrons. The van der Waals surface area contributed by atoms with Gasteiger partial charge in [0.2, 0.25) is 0 Å². The number of rotatable bonds is 3. The van der Waals surface area contributed by atoms with Crippen LogP contribution in [0.25, 0.3) is 0 Å². The molecule has 27 heavy (non-hydrogen) atoms. The minimum atomic E-state index is -1.33. The Bertz CT molecular complexity index is 806. The van der Waals surface area contributed by atoms with Gasteiger partial charge in [-0.1, -0.05) is 48.6 Å². The topological polar surface area (TPSA) is 48.5 Å². The normalized spacial score (nSPS) is 17.7. The summed E-state index contributed by atoms with van der Waals surface area (Å²) in [6, 6.07) is 11.9. The van der Waals surface area contributed by atoms with Crippen LogP contribution in [0.2, 0.25) is 24.7 Å². The van der Waals surface area contributed by atoms with Crippen molar-refractivity contribution in [2.45, 2.75) is 32.6 Å². The van der Waals surface area contributed by atoms with Crippen LogP contribution in [-0.2, 0) is 0 Å². The highest BCUT2D eigenvalue weighted by atomic mass is 35.5. The number of hydrogen-bond donors (Lipinski definition) is 1. The van der Waals surface area contributed by atoms with Crippen LogP contribution in [0.5, 0.6) is 0 Å². The van der Waals surface area contributed by atoms with Gasteiger partial charge < -0.3 is 15.1 Å². The van der Waals surface area contributed by atoms with Crippen LogP contribution in [0.3, 0.4) is 0 Å². The van der Waals surface area contributed by atoms with E-state index in [0.29, 0.717) is 24.7 Å². The average Bonchev–Trinajstić information content (AvgIpc) is 2.61. The highest BCUT2D eigenvalue weighted by Gasteiger charge is 2.29. The standard InChI is InChI=1S/C20H27ClN4OSi/c1-15-14-24(19-18(21)6-5-11-22-19)12-13-25(15)20(26)23-16-7-9-17(10-8-16)27(2,3)4/h5-11,15H,12-14H2,1-4H3,(H,23,26). The number of piperazine rings is 1. The van der Waals surface area contributed by atoms with Crippen molar-refractivity contribution in [1.82, 2.24) is 9.88 Å². The fourth-order valence-electron chi connectivity index (χ4n) is 3.31. The summed E-state index contributed by atoms with van der Waals surface area (Å²) in [7, 11) is -1.33. The summed E-state index contributed by atoms with van der Waals surface area (Å²) in [6.07, 6.45) is 1.75. The molecule has 0 saturated carbocycles. The van der Waals surface area contributed by atoms with Crippen molar-refractivity contribution in [3.63, 3.8) is 0 Å². The zero-order valence-electron chi connectivity index (χ0n) is 16.4. The van der Waals surface area contributed by atoms with Crippen LogP contribution >= 0.6 is 11.6 Å². The second-order valence-electron chi connectivity index (χ2n) is 8.05. The van der Waals surface area contributed by atoms with Crippen molar-refractivity contribution in [1.29, 1.82) is 0 Å². The minimum absolute atomic E-state index is 0.0602. The van der Waals surface area contributed by atoms with Crippen LogP contribution in [0.15, 0.2) is 42.6 Å². The van der Waals surface area contributed by atoms with Gasteiger partial charge in [0.05, 0.1) is 13.1 Å². The smallest absolute Gasteiger partial charge is 0.322 e. The lowest BCUT2D eigenvalue weighted by molar-refractivity contribution is 0.184. The predicted octanol–water partition coefficient (Wildman–Crippen LogP) is 4.02. The molecular weight excluding hydrogens is 376 g/mol. The highest BCUT2D eigenvalue weighted by Crippen LogP contribution is 2.25. The number of nitrogens with one attached hydrogen (secondary N) is 1. The molecule has 1 atom stereocenters. The molecule has 2 heterocycles. The SMILES string of the molecule is CC1CN(c2ncccc2Cl)CCN1C(=O)Nc1ccc([Si](C)(C)C)cc1. The van der Waals surface area contributed by atoms with Crippen molar-refractivity contribution in [2.24, 2.45) is 0 Å². The largest absolute Gasteiger partial charge is 0.352 e. The summed E-state index contributed by atoms with van der Waals surface area (Å²) in [6.45, 7) is 11.0. The van der Waals surface area contributed by atoms with E-state index in [4.69, 9.17) is 11.6 Å². The van der Waals surface area contributed by atoms with Crippen LogP contribution < -0.4 is 15.4 Å². The van der Waals surface area contributed by atoms with E-state index in [0.717, 1.165) is 11.5 Å². The molecule has 1 aliphatic heterocycles. The maximum atomic E-state index is 12.7. The van der Waals surface area contributed by atoms with E-state index in [2.05, 4.69) is 53.9 Å². The van der Waals surface area contributed by atoms with E-state index in [1.165, 1.54) is 5.19 Å². The zero-order valence-corrected chi connectivity index (χ0v) is 18.1. The van der Waals surface area contributed by atoms with E-state index in [1.807, 2.05) is 29.2 Å². The molecule has 2 amide bonds. The first-order valence-electron chi connectivity index (χ1n) is 9.29. The van der Waals surface area contributed by atoms with Crippen molar-refractivity contribution < 1.29 is 4.79 Å². The quantitative estimate of drug-likeness (QED) is 0.788. The van der Waals surface area contributed by atoms with Gasteiger partial charge >= 0.3 is 6.03 Å². The first-order valence-corrected chi connectivity index (χ1v) is 13.2. The van der Waals surface area contributed by atoms with Crippen molar-refractivity contribution >= 4 is 42.4 Å². The molecule has 3 rings (SSSR count). The molecule has 1 aromatic heterocycles. The van der Waals surface area contributed by atoms with E-state index in [1.54, 1.807) is 6.20 Å². The lowest BCUT2D eigenvalue weighted by atomic mass is 10.2. The van der Waals surface area contributed by atoms with Gasteiger partial charge in [0.25, 0.3) is 0 Å². The van der Waals surface area contributed by atoms with E-state index >= 15 is 0 Å². The highest BCUT2D eigenvalue weighted by molar-refractivity contribution is 6.88. The van der Waals surface area contributed by atoms with Crippen LogP contribution in [0.1, 0.15) is 6.92 Å². The zero-order chi connectivity index (χ0) is 19.6. The Morgan fingerprint density at radius 3 is 2.48 bits per heavy atom. The average molecular weight is 403 g/mol. The third-order valence-electron chi connectivity index (χ3n) is 4.93. The maximum Gasteiger partial charge on any atom is 0.322 e. The number of benzene rings is 1. The first-order chi connectivity index (χ1) is 12.8. The van der Waals surface area contributed by atoms with Crippen LogP contribution in [-0.4, -0.2) is 49.7 Å². The third kappa shape index (κ3) is 4.62. The molecule has 1 saturated heterocycles. The molecule has 1 unspecified atom stereocenters. The number of pyridine rings is 1. The van der Waals surface area contributed by atoms with E-state index in [9.17, 15) is 4.79 Å². The number of halogens is 1. The Labute approximate surface area is 167 Å². The van der Waals surface area contributed by atoms with Crippen molar-refractivity contribution in [3.8, 4) is 0 Å². The van der Waals surface area contributed by atoms with Gasteiger partial charge in [-0.3, -0.25) is 0 Å². The minimum Gasteiger partial charge on any atom is -0.352 e. The summed E-state index contributed by atoms with van der Waals surface area (Å²) in [5.41, 5.74) is 0.837. The molecule has 0 radical (unpaired) electrons. The van der Waals surface area contributed by atoms with Gasteiger partial charge in [0.15, 0.2) is 0 Å². The Morgan fingerprint density at radius 1 is 1.19 bits per heavy atom. The molecule has 1 fully saturated rings. The predicted molar refractivity (Wildman–Crippen MR) is 116 cm³/mol. The van der Waals surface area contributed by atoms with E-state index in [-0.39, 0.29) is 12.1 Å². The summed E-state index contributed by atoms with van der Waals surface area (Å²) in [5, 5.41) is 5.06. The molecule has 0 aliphatic carbocycles. The summed E-state index contributed by atoms with van der Waals surface area (Å²) in [4.78, 5) is 21.1. The number of carbonyl (C=O) groups is 1. The Hall–Kier alpha value is -2.05. The van der Waals surface area contributed by atoms with E-state index < -0.39 is 8.07 Å². The molecule has 1 N–H and O–H groups in total. The molecule has 0 bridgehead atoms. The second kappa shape index (κ2) is 7.90. The number of anilines is 2. The molecule has 5 nitrogen and oxygen atoms in total. The maximum absolute atomic E-state index is 12.7. The lowest BCUT2D eigenvalue weighted by Crippen LogP contribution is -2.55. The number of nitrogens with zero attached hydrogens (tertiary/aromatic N) is 3. The van der Waals surface area contributed by atoms with Gasteiger partial charge in [-0.2, -0.15) is 0 Å². The Morgan fingerprint density at radius 2 is 1.89 bits per heavy atom.